The van der Waals surface area contributed by atoms with Crippen molar-refractivity contribution in [2.24, 2.45) is 0 Å². The molecule has 6 heteroatoms. The highest BCUT2D eigenvalue weighted by atomic mass is 35.5. The van der Waals surface area contributed by atoms with E-state index >= 15 is 0 Å². The van der Waals surface area contributed by atoms with E-state index in [4.69, 9.17) is 16.3 Å². The van der Waals surface area contributed by atoms with Gasteiger partial charge in [0.15, 0.2) is 5.82 Å². The minimum Gasteiger partial charge on any atom is -0.496 e. The summed E-state index contributed by atoms with van der Waals surface area (Å²) in [7, 11) is 1.66. The number of halogens is 1. The number of methoxy groups -OCH3 is 1. The van der Waals surface area contributed by atoms with Crippen LogP contribution in [0.4, 0.5) is 5.69 Å². The molecule has 2 aromatic carbocycles. The lowest BCUT2D eigenvalue weighted by Crippen LogP contribution is -2.09. The largest absolute Gasteiger partial charge is 0.496 e. The molecular formula is C18H17ClN4O. The Bertz CT molecular complexity index is 906. The van der Waals surface area contributed by atoms with Crippen molar-refractivity contribution in [1.82, 2.24) is 14.8 Å². The van der Waals surface area contributed by atoms with Crippen molar-refractivity contribution in [1.29, 1.82) is 0 Å². The first kappa shape index (κ1) is 15.0. The van der Waals surface area contributed by atoms with Crippen LogP contribution in [0, 0.1) is 0 Å². The van der Waals surface area contributed by atoms with Gasteiger partial charge in [-0.05, 0) is 30.3 Å². The third-order valence-electron chi connectivity index (χ3n) is 4.27. The Kier molecular flexibility index (Phi) is 3.65. The first-order chi connectivity index (χ1) is 11.7. The molecule has 0 amide bonds. The molecule has 0 saturated carbocycles. The van der Waals surface area contributed by atoms with Crippen molar-refractivity contribution in [3.8, 4) is 22.8 Å². The number of para-hydroxylation sites is 1. The Labute approximate surface area is 145 Å². The van der Waals surface area contributed by atoms with Gasteiger partial charge in [0, 0.05) is 17.5 Å². The van der Waals surface area contributed by atoms with Gasteiger partial charge < -0.3 is 10.1 Å². The standard InChI is InChI=1S/C18H17ClN4O/c1-11-10-20-14-9-12(19)7-8-15(14)23-17(11)21-22-18(23)13-5-3-4-6-16(13)24-2/h3-9,11,20H,10H2,1-2H3. The van der Waals surface area contributed by atoms with E-state index in [0.29, 0.717) is 5.02 Å². The van der Waals surface area contributed by atoms with Gasteiger partial charge in [-0.25, -0.2) is 0 Å². The zero-order valence-corrected chi connectivity index (χ0v) is 14.2. The molecule has 0 aliphatic carbocycles. The average Bonchev–Trinajstić information content (AvgIpc) is 2.99. The van der Waals surface area contributed by atoms with E-state index in [1.807, 2.05) is 42.5 Å². The van der Waals surface area contributed by atoms with E-state index in [1.165, 1.54) is 0 Å². The molecule has 4 rings (SSSR count). The van der Waals surface area contributed by atoms with E-state index in [2.05, 4.69) is 27.0 Å². The Morgan fingerprint density at radius 1 is 1.21 bits per heavy atom. The topological polar surface area (TPSA) is 52.0 Å². The molecule has 24 heavy (non-hydrogen) atoms. The molecular weight excluding hydrogens is 324 g/mol. The molecule has 1 unspecified atom stereocenters. The van der Waals surface area contributed by atoms with Crippen molar-refractivity contribution in [2.45, 2.75) is 12.8 Å². The first-order valence-electron chi connectivity index (χ1n) is 7.81. The van der Waals surface area contributed by atoms with E-state index in [9.17, 15) is 0 Å². The Hall–Kier alpha value is -2.53. The summed E-state index contributed by atoms with van der Waals surface area (Å²) in [5, 5.41) is 13.1. The molecule has 2 heterocycles. The molecule has 0 bridgehead atoms. The van der Waals surface area contributed by atoms with Crippen LogP contribution in [0.25, 0.3) is 17.1 Å². The monoisotopic (exact) mass is 340 g/mol. The van der Waals surface area contributed by atoms with E-state index < -0.39 is 0 Å². The van der Waals surface area contributed by atoms with Gasteiger partial charge in [0.25, 0.3) is 0 Å². The summed E-state index contributed by atoms with van der Waals surface area (Å²) in [5.41, 5.74) is 2.88. The number of fused-ring (bicyclic) bond motifs is 3. The molecule has 1 atom stereocenters. The predicted molar refractivity (Wildman–Crippen MR) is 95.3 cm³/mol. The van der Waals surface area contributed by atoms with Crippen LogP contribution in [0.5, 0.6) is 5.75 Å². The number of hydrogen-bond donors (Lipinski definition) is 1. The highest BCUT2D eigenvalue weighted by Gasteiger charge is 2.26. The lowest BCUT2D eigenvalue weighted by atomic mass is 10.1. The van der Waals surface area contributed by atoms with Crippen molar-refractivity contribution in [3.63, 3.8) is 0 Å². The van der Waals surface area contributed by atoms with E-state index in [-0.39, 0.29) is 5.92 Å². The summed E-state index contributed by atoms with van der Waals surface area (Å²) in [5.74, 6) is 2.67. The number of rotatable bonds is 2. The Morgan fingerprint density at radius 3 is 2.88 bits per heavy atom. The number of benzene rings is 2. The maximum Gasteiger partial charge on any atom is 0.172 e. The van der Waals surface area contributed by atoms with Gasteiger partial charge in [0.1, 0.15) is 11.6 Å². The quantitative estimate of drug-likeness (QED) is 0.762. The molecule has 1 aromatic heterocycles. The summed E-state index contributed by atoms with van der Waals surface area (Å²) in [6.07, 6.45) is 0. The second-order valence-electron chi connectivity index (χ2n) is 5.86. The lowest BCUT2D eigenvalue weighted by Gasteiger charge is -2.14. The molecule has 0 fully saturated rings. The number of aromatic nitrogens is 3. The first-order valence-corrected chi connectivity index (χ1v) is 8.19. The van der Waals surface area contributed by atoms with Crippen LogP contribution in [0.1, 0.15) is 18.7 Å². The van der Waals surface area contributed by atoms with Gasteiger partial charge in [-0.15, -0.1) is 10.2 Å². The highest BCUT2D eigenvalue weighted by Crippen LogP contribution is 2.37. The fourth-order valence-electron chi connectivity index (χ4n) is 3.06. The fraction of sp³-hybridized carbons (Fsp3) is 0.222. The SMILES string of the molecule is COc1ccccc1-c1nnc2n1-c1ccc(Cl)cc1NCC2C. The minimum atomic E-state index is 0.215. The van der Waals surface area contributed by atoms with Gasteiger partial charge in [-0.2, -0.15) is 0 Å². The Morgan fingerprint density at radius 2 is 2.04 bits per heavy atom. The zero-order valence-electron chi connectivity index (χ0n) is 13.5. The summed E-state index contributed by atoms with van der Waals surface area (Å²) in [4.78, 5) is 0. The van der Waals surface area contributed by atoms with Crippen LogP contribution < -0.4 is 10.1 Å². The molecule has 122 valence electrons. The second kappa shape index (κ2) is 5.83. The maximum absolute atomic E-state index is 6.17. The number of anilines is 1. The van der Waals surface area contributed by atoms with E-state index in [1.54, 1.807) is 7.11 Å². The van der Waals surface area contributed by atoms with Gasteiger partial charge in [0.05, 0.1) is 24.0 Å². The van der Waals surface area contributed by atoms with Gasteiger partial charge in [-0.3, -0.25) is 4.57 Å². The van der Waals surface area contributed by atoms with Crippen LogP contribution in [0.3, 0.4) is 0 Å². The molecule has 0 radical (unpaired) electrons. The highest BCUT2D eigenvalue weighted by molar-refractivity contribution is 6.31. The third kappa shape index (κ3) is 2.32. The van der Waals surface area contributed by atoms with Crippen LogP contribution in [-0.4, -0.2) is 28.4 Å². The lowest BCUT2D eigenvalue weighted by molar-refractivity contribution is 0.416. The zero-order chi connectivity index (χ0) is 16.7. The molecule has 0 saturated heterocycles. The molecule has 1 N–H and O–H groups in total. The summed E-state index contributed by atoms with van der Waals surface area (Å²) < 4.78 is 7.60. The molecule has 1 aliphatic rings. The average molecular weight is 341 g/mol. The third-order valence-corrected chi connectivity index (χ3v) is 4.51. The molecule has 3 aromatic rings. The van der Waals surface area contributed by atoms with Crippen molar-refractivity contribution in [3.05, 3.63) is 53.3 Å². The molecule has 5 nitrogen and oxygen atoms in total. The van der Waals surface area contributed by atoms with Gasteiger partial charge in [0.2, 0.25) is 0 Å². The molecule has 0 spiro atoms. The summed E-state index contributed by atoms with van der Waals surface area (Å²) in [6, 6.07) is 13.7. The fourth-order valence-corrected chi connectivity index (χ4v) is 3.23. The van der Waals surface area contributed by atoms with Gasteiger partial charge in [-0.1, -0.05) is 30.7 Å². The van der Waals surface area contributed by atoms with E-state index in [0.717, 1.165) is 40.9 Å². The number of nitrogens with zero attached hydrogens (tertiary/aromatic N) is 3. The normalized spacial score (nSPS) is 15.9. The van der Waals surface area contributed by atoms with Crippen molar-refractivity contribution in [2.75, 3.05) is 19.0 Å². The molecule has 1 aliphatic heterocycles. The van der Waals surface area contributed by atoms with Crippen molar-refractivity contribution < 1.29 is 4.74 Å². The minimum absolute atomic E-state index is 0.215. The van der Waals surface area contributed by atoms with Crippen LogP contribution in [0.15, 0.2) is 42.5 Å². The van der Waals surface area contributed by atoms with Crippen LogP contribution >= 0.6 is 11.6 Å². The predicted octanol–water partition coefficient (Wildman–Crippen LogP) is 4.13. The van der Waals surface area contributed by atoms with Crippen LogP contribution in [-0.2, 0) is 0 Å². The second-order valence-corrected chi connectivity index (χ2v) is 6.30. The summed E-state index contributed by atoms with van der Waals surface area (Å²) >= 11 is 6.17. The number of ether oxygens (including phenoxy) is 1. The maximum atomic E-state index is 6.17. The number of hydrogen-bond acceptors (Lipinski definition) is 4. The Balaban J connectivity index is 2.00. The number of nitrogens with one attached hydrogen (secondary N) is 1. The van der Waals surface area contributed by atoms with Crippen molar-refractivity contribution >= 4 is 17.3 Å². The van der Waals surface area contributed by atoms with Crippen LogP contribution in [0.2, 0.25) is 5.02 Å². The van der Waals surface area contributed by atoms with Gasteiger partial charge >= 0.3 is 0 Å². The summed E-state index contributed by atoms with van der Waals surface area (Å²) in [6.45, 7) is 2.91. The smallest absolute Gasteiger partial charge is 0.172 e.